The second kappa shape index (κ2) is 8.73. The van der Waals surface area contributed by atoms with Crippen molar-refractivity contribution in [2.45, 2.75) is 36.6 Å². The van der Waals surface area contributed by atoms with Gasteiger partial charge in [0.25, 0.3) is 5.60 Å². The first-order valence-corrected chi connectivity index (χ1v) is 12.1. The quantitative estimate of drug-likeness (QED) is 0.171. The summed E-state index contributed by atoms with van der Waals surface area (Å²) in [5, 5.41) is 7.36. The average Bonchev–Trinajstić information content (AvgIpc) is 3.56. The van der Waals surface area contributed by atoms with Crippen LogP contribution in [0, 0.1) is 5.92 Å². The molecule has 0 N–H and O–H groups in total. The molecule has 2 aromatic rings. The number of halogens is 6. The number of azide groups is 1. The molecule has 188 valence electrons. The fraction of sp³-hybridized carbons (Fsp3) is 0.391. The number of carbonyl (C=O) groups excluding carboxylic acids is 1. The van der Waals surface area contributed by atoms with Gasteiger partial charge >= 0.3 is 6.18 Å². The lowest BCUT2D eigenvalue weighted by Crippen LogP contribution is -2.60. The minimum Gasteiger partial charge on any atom is -0.374 e. The Morgan fingerprint density at radius 3 is 2.25 bits per heavy atom. The minimum absolute atomic E-state index is 0.0520. The fourth-order valence-corrected chi connectivity index (χ4v) is 5.13. The lowest BCUT2D eigenvalue weighted by molar-refractivity contribution is -0.275. The van der Waals surface area contributed by atoms with Crippen LogP contribution in [0.15, 0.2) is 46.7 Å². The summed E-state index contributed by atoms with van der Waals surface area (Å²) in [5.41, 5.74) is 6.18. The third kappa shape index (κ3) is 4.06. The molecule has 1 saturated carbocycles. The van der Waals surface area contributed by atoms with Crippen LogP contribution >= 0.6 is 34.8 Å². The Kier molecular flexibility index (Phi) is 6.07. The highest BCUT2D eigenvalue weighted by Gasteiger charge is 2.62. The summed E-state index contributed by atoms with van der Waals surface area (Å²) in [6, 6.07) is 8.64. The topological polar surface area (TPSA) is 90.7 Å². The Labute approximate surface area is 218 Å². The molecule has 0 bridgehead atoms. The van der Waals surface area contributed by atoms with E-state index in [9.17, 15) is 18.0 Å². The van der Waals surface area contributed by atoms with E-state index in [0.717, 1.165) is 25.0 Å². The van der Waals surface area contributed by atoms with Gasteiger partial charge in [-0.25, -0.2) is 0 Å². The molecule has 1 aliphatic carbocycles. The van der Waals surface area contributed by atoms with E-state index in [-0.39, 0.29) is 51.3 Å². The molecule has 1 atom stereocenters. The van der Waals surface area contributed by atoms with Crippen LogP contribution in [-0.4, -0.2) is 35.8 Å². The van der Waals surface area contributed by atoms with Gasteiger partial charge in [-0.2, -0.15) is 13.2 Å². The van der Waals surface area contributed by atoms with Crippen LogP contribution in [0.4, 0.5) is 13.2 Å². The van der Waals surface area contributed by atoms with Crippen LogP contribution in [0.1, 0.15) is 36.0 Å². The van der Waals surface area contributed by atoms with E-state index < -0.39 is 23.7 Å². The van der Waals surface area contributed by atoms with Gasteiger partial charge in [-0.05, 0) is 41.6 Å². The van der Waals surface area contributed by atoms with Crippen molar-refractivity contribution in [2.24, 2.45) is 16.2 Å². The van der Waals surface area contributed by atoms with Gasteiger partial charge < -0.3 is 9.74 Å². The van der Waals surface area contributed by atoms with Gasteiger partial charge in [-0.3, -0.25) is 4.79 Å². The minimum atomic E-state index is -4.84. The fourth-order valence-electron chi connectivity index (χ4n) is 4.54. The van der Waals surface area contributed by atoms with Crippen LogP contribution < -0.4 is 0 Å². The normalized spacial score (nSPS) is 22.8. The van der Waals surface area contributed by atoms with Gasteiger partial charge in [0, 0.05) is 35.9 Å². The second-order valence-corrected chi connectivity index (χ2v) is 10.3. The molecule has 1 saturated heterocycles. The first-order chi connectivity index (χ1) is 17.0. The van der Waals surface area contributed by atoms with Crippen molar-refractivity contribution in [2.75, 3.05) is 13.1 Å². The molecule has 1 unspecified atom stereocenters. The van der Waals surface area contributed by atoms with Gasteiger partial charge in [0.2, 0.25) is 5.91 Å². The maximum Gasteiger partial charge on any atom is 0.435 e. The molecule has 13 heteroatoms. The van der Waals surface area contributed by atoms with E-state index in [1.165, 1.54) is 0 Å². The van der Waals surface area contributed by atoms with Gasteiger partial charge in [-0.15, -0.1) is 0 Å². The zero-order chi connectivity index (χ0) is 25.9. The van der Waals surface area contributed by atoms with E-state index in [4.69, 9.17) is 45.2 Å². The van der Waals surface area contributed by atoms with Crippen molar-refractivity contribution in [3.8, 4) is 0 Å². The zero-order valence-corrected chi connectivity index (χ0v) is 20.7. The molecule has 7 nitrogen and oxygen atoms in total. The van der Waals surface area contributed by atoms with E-state index in [2.05, 4.69) is 15.2 Å². The van der Waals surface area contributed by atoms with Gasteiger partial charge in [-0.1, -0.05) is 69.3 Å². The Bertz CT molecular complexity index is 1290. The van der Waals surface area contributed by atoms with Gasteiger partial charge in [0.1, 0.15) is 5.54 Å². The van der Waals surface area contributed by atoms with E-state index >= 15 is 0 Å². The van der Waals surface area contributed by atoms with Crippen LogP contribution in [0.5, 0.6) is 0 Å². The number of nitrogens with zero attached hydrogens (tertiary/aromatic N) is 5. The van der Waals surface area contributed by atoms with Crippen molar-refractivity contribution in [3.63, 3.8) is 0 Å². The predicted molar refractivity (Wildman–Crippen MR) is 128 cm³/mol. The summed E-state index contributed by atoms with van der Waals surface area (Å²) in [6.45, 7) is 0.510. The number of rotatable bonds is 5. The Morgan fingerprint density at radius 2 is 1.72 bits per heavy atom. The lowest BCUT2D eigenvalue weighted by Gasteiger charge is -2.47. The number of oxime groups is 1. The molecule has 36 heavy (non-hydrogen) atoms. The maximum absolute atomic E-state index is 14.3. The highest BCUT2D eigenvalue weighted by atomic mass is 35.5. The summed E-state index contributed by atoms with van der Waals surface area (Å²) in [4.78, 5) is 22.0. The number of carbonyl (C=O) groups is 1. The van der Waals surface area contributed by atoms with E-state index in [1.54, 1.807) is 29.2 Å². The SMILES string of the molecule is [N-]=[N+]=NC1(c2ccc(C3=NOC(c4cc(Cl)c(Cl)c(Cl)c4)(C(F)(F)F)C3)cc2)CN(C(=O)C2CC2)C1. The van der Waals surface area contributed by atoms with Crippen molar-refractivity contribution in [1.82, 2.24) is 4.90 Å². The monoisotopic (exact) mass is 557 g/mol. The average molecular weight is 559 g/mol. The van der Waals surface area contributed by atoms with E-state index in [0.29, 0.717) is 11.1 Å². The number of benzene rings is 2. The predicted octanol–water partition coefficient (Wildman–Crippen LogP) is 6.99. The summed E-state index contributed by atoms with van der Waals surface area (Å²) < 4.78 is 42.8. The molecule has 5 rings (SSSR count). The standard InChI is InChI=1S/C23H17Cl3F3N5O2/c24-16-7-15(8-17(25)19(16)26)22(23(27,28)29)9-18(31-36-22)12-3-5-14(6-4-12)21(32-33-30)10-34(11-21)20(35)13-1-2-13/h3-8,13H,1-2,9-11H2. The van der Waals surface area contributed by atoms with Crippen molar-refractivity contribution < 1.29 is 22.8 Å². The highest BCUT2D eigenvalue weighted by molar-refractivity contribution is 6.48. The highest BCUT2D eigenvalue weighted by Crippen LogP contribution is 2.51. The van der Waals surface area contributed by atoms with E-state index in [1.807, 2.05) is 0 Å². The molecule has 1 amide bonds. The smallest absolute Gasteiger partial charge is 0.374 e. The number of amides is 1. The van der Waals surface area contributed by atoms with Crippen LogP contribution in [0.25, 0.3) is 10.4 Å². The summed E-state index contributed by atoms with van der Waals surface area (Å²) in [6.07, 6.45) is -3.71. The Morgan fingerprint density at radius 1 is 1.11 bits per heavy atom. The molecule has 2 aliphatic heterocycles. The first kappa shape index (κ1) is 25.0. The molecule has 3 aliphatic rings. The number of likely N-dealkylation sites (tertiary alicyclic amines) is 1. The van der Waals surface area contributed by atoms with Crippen LogP contribution in [0.2, 0.25) is 15.1 Å². The summed E-state index contributed by atoms with van der Waals surface area (Å²) >= 11 is 17.9. The molecule has 2 fully saturated rings. The summed E-state index contributed by atoms with van der Waals surface area (Å²) in [7, 11) is 0. The van der Waals surface area contributed by atoms with Gasteiger partial charge in [0.05, 0.1) is 20.8 Å². The second-order valence-electron chi connectivity index (χ2n) is 9.15. The third-order valence-corrected chi connectivity index (χ3v) is 7.97. The molecule has 2 heterocycles. The van der Waals surface area contributed by atoms with Crippen molar-refractivity contribution in [1.29, 1.82) is 0 Å². The Hall–Kier alpha value is -2.65. The maximum atomic E-state index is 14.3. The van der Waals surface area contributed by atoms with Gasteiger partial charge in [0.15, 0.2) is 0 Å². The van der Waals surface area contributed by atoms with Crippen molar-refractivity contribution in [3.05, 3.63) is 78.6 Å². The first-order valence-electron chi connectivity index (χ1n) is 10.9. The summed E-state index contributed by atoms with van der Waals surface area (Å²) in [5.74, 6) is 0.106. The third-order valence-electron chi connectivity index (χ3n) is 6.77. The molecule has 0 radical (unpaired) electrons. The van der Waals surface area contributed by atoms with Crippen LogP contribution in [0.3, 0.4) is 0 Å². The molecule has 0 aromatic heterocycles. The largest absolute Gasteiger partial charge is 0.435 e. The number of alkyl halides is 3. The zero-order valence-electron chi connectivity index (χ0n) is 18.4. The Balaban J connectivity index is 1.39. The number of hydrogen-bond donors (Lipinski definition) is 0. The molecule has 0 spiro atoms. The lowest BCUT2D eigenvalue weighted by atomic mass is 9.81. The van der Waals surface area contributed by atoms with Crippen LogP contribution in [-0.2, 0) is 20.8 Å². The molecule has 2 aromatic carbocycles. The number of hydrogen-bond acceptors (Lipinski definition) is 4. The molecular weight excluding hydrogens is 542 g/mol. The molecular formula is C23H17Cl3F3N5O2. The van der Waals surface area contributed by atoms with Crippen molar-refractivity contribution >= 4 is 46.4 Å².